The van der Waals surface area contributed by atoms with Crippen LogP contribution in [0.1, 0.15) is 16.1 Å². The lowest BCUT2D eigenvalue weighted by Gasteiger charge is -2.34. The molecule has 1 saturated heterocycles. The minimum atomic E-state index is -0.572. The van der Waals surface area contributed by atoms with Crippen molar-refractivity contribution in [3.63, 3.8) is 0 Å². The molecular formula is C16H18ClN5O3. The first-order valence-corrected chi connectivity index (χ1v) is 8.26. The van der Waals surface area contributed by atoms with Crippen LogP contribution in [0.2, 0.25) is 5.02 Å². The molecule has 0 aliphatic carbocycles. The number of piperazine rings is 1. The first kappa shape index (κ1) is 17.4. The van der Waals surface area contributed by atoms with Gasteiger partial charge in [-0.2, -0.15) is 5.10 Å². The predicted molar refractivity (Wildman–Crippen MR) is 92.5 cm³/mol. The summed E-state index contributed by atoms with van der Waals surface area (Å²) >= 11 is 5.89. The molecular weight excluding hydrogens is 346 g/mol. The summed E-state index contributed by atoms with van der Waals surface area (Å²) in [7, 11) is 1.56. The van der Waals surface area contributed by atoms with E-state index in [2.05, 4.69) is 10.00 Å². The Morgan fingerprint density at radius 3 is 2.48 bits per heavy atom. The van der Waals surface area contributed by atoms with Gasteiger partial charge in [0.05, 0.1) is 4.92 Å². The standard InChI is InChI=1S/C16H18ClN5O3/c1-19-11-14(22(24)25)15(18-19)16(23)21-8-6-20(7-9-21)10-12-2-4-13(17)5-3-12/h2-5,11H,6-10H2,1H3. The summed E-state index contributed by atoms with van der Waals surface area (Å²) in [6, 6.07) is 7.68. The van der Waals surface area contributed by atoms with Crippen LogP contribution in [0.15, 0.2) is 30.5 Å². The molecule has 25 heavy (non-hydrogen) atoms. The van der Waals surface area contributed by atoms with E-state index in [1.165, 1.54) is 10.9 Å². The quantitative estimate of drug-likeness (QED) is 0.612. The number of hydrogen-bond acceptors (Lipinski definition) is 5. The summed E-state index contributed by atoms with van der Waals surface area (Å²) in [4.78, 5) is 26.9. The summed E-state index contributed by atoms with van der Waals surface area (Å²) in [5.74, 6) is -0.390. The molecule has 1 fully saturated rings. The highest BCUT2D eigenvalue weighted by molar-refractivity contribution is 6.30. The van der Waals surface area contributed by atoms with Crippen molar-refractivity contribution in [2.24, 2.45) is 7.05 Å². The van der Waals surface area contributed by atoms with E-state index in [9.17, 15) is 14.9 Å². The molecule has 1 amide bonds. The Bertz CT molecular complexity index is 782. The Morgan fingerprint density at radius 1 is 1.24 bits per heavy atom. The summed E-state index contributed by atoms with van der Waals surface area (Å²) in [5, 5.41) is 15.7. The molecule has 9 heteroatoms. The van der Waals surface area contributed by atoms with Gasteiger partial charge in [-0.1, -0.05) is 23.7 Å². The molecule has 0 saturated carbocycles. The molecule has 0 N–H and O–H groups in total. The molecule has 0 unspecified atom stereocenters. The van der Waals surface area contributed by atoms with Gasteiger partial charge in [-0.25, -0.2) is 0 Å². The molecule has 0 spiro atoms. The van der Waals surface area contributed by atoms with Crippen LogP contribution in [0.25, 0.3) is 0 Å². The van der Waals surface area contributed by atoms with Crippen molar-refractivity contribution >= 4 is 23.2 Å². The zero-order valence-electron chi connectivity index (χ0n) is 13.8. The van der Waals surface area contributed by atoms with E-state index < -0.39 is 10.8 Å². The molecule has 8 nitrogen and oxygen atoms in total. The number of hydrogen-bond donors (Lipinski definition) is 0. The topological polar surface area (TPSA) is 84.5 Å². The maximum atomic E-state index is 12.6. The van der Waals surface area contributed by atoms with Gasteiger partial charge in [0.1, 0.15) is 6.20 Å². The highest BCUT2D eigenvalue weighted by Crippen LogP contribution is 2.19. The van der Waals surface area contributed by atoms with E-state index in [1.807, 2.05) is 24.3 Å². The van der Waals surface area contributed by atoms with Crippen molar-refractivity contribution in [3.05, 3.63) is 56.9 Å². The van der Waals surface area contributed by atoms with Gasteiger partial charge >= 0.3 is 5.69 Å². The molecule has 3 rings (SSSR count). The fourth-order valence-corrected chi connectivity index (χ4v) is 2.99. The third-order valence-electron chi connectivity index (χ3n) is 4.19. The second-order valence-corrected chi connectivity index (χ2v) is 6.42. The van der Waals surface area contributed by atoms with Gasteiger partial charge in [0.15, 0.2) is 0 Å². The van der Waals surface area contributed by atoms with Gasteiger partial charge in [-0.3, -0.25) is 24.5 Å². The average Bonchev–Trinajstić information content (AvgIpc) is 2.99. The van der Waals surface area contributed by atoms with E-state index in [0.29, 0.717) is 31.2 Å². The number of carbonyl (C=O) groups excluding carboxylic acids is 1. The second kappa shape index (κ2) is 7.20. The predicted octanol–water partition coefficient (Wildman–Crippen LogP) is 1.94. The van der Waals surface area contributed by atoms with Crippen molar-refractivity contribution in [2.75, 3.05) is 26.2 Å². The van der Waals surface area contributed by atoms with Crippen LogP contribution in [0, 0.1) is 10.1 Å². The van der Waals surface area contributed by atoms with E-state index in [-0.39, 0.29) is 11.4 Å². The van der Waals surface area contributed by atoms with Gasteiger partial charge in [0, 0.05) is 44.8 Å². The van der Waals surface area contributed by atoms with Crippen LogP contribution in [0.4, 0.5) is 5.69 Å². The number of nitrogens with zero attached hydrogens (tertiary/aromatic N) is 5. The van der Waals surface area contributed by atoms with Crippen LogP contribution in [-0.4, -0.2) is 56.6 Å². The number of aromatic nitrogens is 2. The lowest BCUT2D eigenvalue weighted by Crippen LogP contribution is -2.48. The molecule has 132 valence electrons. The van der Waals surface area contributed by atoms with Crippen molar-refractivity contribution < 1.29 is 9.72 Å². The summed E-state index contributed by atoms with van der Waals surface area (Å²) in [6.07, 6.45) is 1.25. The van der Waals surface area contributed by atoms with Crippen LogP contribution < -0.4 is 0 Å². The molecule has 0 atom stereocenters. The summed E-state index contributed by atoms with van der Waals surface area (Å²) in [6.45, 7) is 3.22. The smallest absolute Gasteiger partial charge is 0.320 e. The molecule has 2 aromatic rings. The molecule has 1 aliphatic heterocycles. The molecule has 1 aliphatic rings. The Labute approximate surface area is 149 Å². The van der Waals surface area contributed by atoms with E-state index in [4.69, 9.17) is 11.6 Å². The Hall–Kier alpha value is -2.45. The van der Waals surface area contributed by atoms with Crippen LogP contribution in [0.3, 0.4) is 0 Å². The number of benzene rings is 1. The normalized spacial score (nSPS) is 15.4. The monoisotopic (exact) mass is 363 g/mol. The zero-order valence-corrected chi connectivity index (χ0v) is 14.5. The number of rotatable bonds is 4. The van der Waals surface area contributed by atoms with Crippen molar-refractivity contribution in [1.82, 2.24) is 19.6 Å². The fraction of sp³-hybridized carbons (Fsp3) is 0.375. The number of amides is 1. The van der Waals surface area contributed by atoms with Crippen molar-refractivity contribution in [2.45, 2.75) is 6.54 Å². The maximum absolute atomic E-state index is 12.6. The van der Waals surface area contributed by atoms with Gasteiger partial charge in [0.25, 0.3) is 5.91 Å². The lowest BCUT2D eigenvalue weighted by molar-refractivity contribution is -0.385. The van der Waals surface area contributed by atoms with Gasteiger partial charge in [-0.05, 0) is 17.7 Å². The molecule has 2 heterocycles. The first-order valence-electron chi connectivity index (χ1n) is 7.88. The third kappa shape index (κ3) is 3.97. The second-order valence-electron chi connectivity index (χ2n) is 5.99. The van der Waals surface area contributed by atoms with Gasteiger partial charge in [0.2, 0.25) is 5.69 Å². The van der Waals surface area contributed by atoms with Gasteiger partial charge in [-0.15, -0.1) is 0 Å². The minimum absolute atomic E-state index is 0.0985. The van der Waals surface area contributed by atoms with Crippen molar-refractivity contribution in [1.29, 1.82) is 0 Å². The lowest BCUT2D eigenvalue weighted by atomic mass is 10.2. The van der Waals surface area contributed by atoms with Crippen LogP contribution >= 0.6 is 11.6 Å². The Kier molecular flexibility index (Phi) is 5.00. The highest BCUT2D eigenvalue weighted by atomic mass is 35.5. The number of carbonyl (C=O) groups is 1. The third-order valence-corrected chi connectivity index (χ3v) is 4.44. The highest BCUT2D eigenvalue weighted by Gasteiger charge is 2.30. The van der Waals surface area contributed by atoms with E-state index in [0.717, 1.165) is 12.1 Å². The molecule has 1 aromatic carbocycles. The largest absolute Gasteiger partial charge is 0.334 e. The van der Waals surface area contributed by atoms with E-state index in [1.54, 1.807) is 11.9 Å². The van der Waals surface area contributed by atoms with Crippen molar-refractivity contribution in [3.8, 4) is 0 Å². The van der Waals surface area contributed by atoms with E-state index >= 15 is 0 Å². The Balaban J connectivity index is 1.61. The zero-order chi connectivity index (χ0) is 18.0. The minimum Gasteiger partial charge on any atom is -0.334 e. The molecule has 1 aromatic heterocycles. The summed E-state index contributed by atoms with van der Waals surface area (Å²) in [5.41, 5.74) is 0.805. The number of aryl methyl sites for hydroxylation is 1. The number of halogens is 1. The SMILES string of the molecule is Cn1cc([N+](=O)[O-])c(C(=O)N2CCN(Cc3ccc(Cl)cc3)CC2)n1. The maximum Gasteiger partial charge on any atom is 0.320 e. The molecule has 0 bridgehead atoms. The number of nitro groups is 1. The van der Waals surface area contributed by atoms with Gasteiger partial charge < -0.3 is 4.90 Å². The molecule has 0 radical (unpaired) electrons. The fourth-order valence-electron chi connectivity index (χ4n) is 2.87. The summed E-state index contributed by atoms with van der Waals surface area (Å²) < 4.78 is 1.29. The first-order chi connectivity index (χ1) is 11.9. The van der Waals surface area contributed by atoms with Crippen LogP contribution in [0.5, 0.6) is 0 Å². The Morgan fingerprint density at radius 2 is 1.88 bits per heavy atom. The average molecular weight is 364 g/mol. The van der Waals surface area contributed by atoms with Crippen LogP contribution in [-0.2, 0) is 13.6 Å².